The van der Waals surface area contributed by atoms with E-state index in [2.05, 4.69) is 4.98 Å². The van der Waals surface area contributed by atoms with Gasteiger partial charge in [0.15, 0.2) is 0 Å². The highest BCUT2D eigenvalue weighted by Gasteiger charge is 2.19. The van der Waals surface area contributed by atoms with Crippen LogP contribution in [-0.4, -0.2) is 40.4 Å². The van der Waals surface area contributed by atoms with Crippen LogP contribution in [0.2, 0.25) is 0 Å². The average molecular weight is 247 g/mol. The topological polar surface area (TPSA) is 46.8 Å². The van der Waals surface area contributed by atoms with Crippen LogP contribution in [0.25, 0.3) is 5.65 Å². The molecule has 96 valence electrons. The third-order valence-electron chi connectivity index (χ3n) is 3.04. The molecule has 0 N–H and O–H groups in total. The number of methoxy groups -OCH3 is 1. The molecule has 1 amide bonds. The van der Waals surface area contributed by atoms with E-state index in [1.165, 1.54) is 0 Å². The number of amides is 1. The summed E-state index contributed by atoms with van der Waals surface area (Å²) in [7, 11) is 3.34. The molecule has 0 radical (unpaired) electrons. The van der Waals surface area contributed by atoms with Crippen LogP contribution in [0.15, 0.2) is 24.7 Å². The fourth-order valence-corrected chi connectivity index (χ4v) is 1.70. The Morgan fingerprint density at radius 1 is 1.50 bits per heavy atom. The largest absolute Gasteiger partial charge is 0.496 e. The zero-order valence-electron chi connectivity index (χ0n) is 11.0. The highest BCUT2D eigenvalue weighted by molar-refractivity contribution is 5.97. The van der Waals surface area contributed by atoms with Gasteiger partial charge in [-0.2, -0.15) is 0 Å². The smallest absolute Gasteiger partial charge is 0.259 e. The van der Waals surface area contributed by atoms with Gasteiger partial charge >= 0.3 is 0 Å². The van der Waals surface area contributed by atoms with Crippen LogP contribution < -0.4 is 4.74 Å². The summed E-state index contributed by atoms with van der Waals surface area (Å²) in [5, 5.41) is 0. The Kier molecular flexibility index (Phi) is 3.23. The van der Waals surface area contributed by atoms with Gasteiger partial charge in [0.25, 0.3) is 5.91 Å². The number of carbonyl (C=O) groups is 1. The van der Waals surface area contributed by atoms with E-state index in [-0.39, 0.29) is 11.9 Å². The summed E-state index contributed by atoms with van der Waals surface area (Å²) in [5.74, 6) is 0.489. The van der Waals surface area contributed by atoms with Crippen LogP contribution in [-0.2, 0) is 0 Å². The van der Waals surface area contributed by atoms with Gasteiger partial charge in [0.2, 0.25) is 0 Å². The maximum absolute atomic E-state index is 12.3. The number of pyridine rings is 1. The van der Waals surface area contributed by atoms with Gasteiger partial charge in [-0.05, 0) is 13.8 Å². The number of rotatable bonds is 3. The van der Waals surface area contributed by atoms with E-state index in [4.69, 9.17) is 4.74 Å². The normalized spacial score (nSPS) is 10.9. The molecule has 5 nitrogen and oxygen atoms in total. The number of imidazole rings is 1. The van der Waals surface area contributed by atoms with E-state index >= 15 is 0 Å². The molecule has 0 aromatic carbocycles. The number of hydrogen-bond acceptors (Lipinski definition) is 3. The van der Waals surface area contributed by atoms with Crippen molar-refractivity contribution in [1.29, 1.82) is 0 Å². The molecule has 2 aromatic rings. The minimum atomic E-state index is -0.0579. The number of fused-ring (bicyclic) bond motifs is 1. The van der Waals surface area contributed by atoms with Crippen molar-refractivity contribution in [2.75, 3.05) is 14.2 Å². The molecular weight excluding hydrogens is 230 g/mol. The standard InChI is InChI=1S/C13H17N3O2/c1-9(2)15(3)13(17)10-8-16-6-5-14-12(16)7-11(10)18-4/h5-9H,1-4H3. The lowest BCUT2D eigenvalue weighted by Crippen LogP contribution is -2.33. The Morgan fingerprint density at radius 3 is 2.83 bits per heavy atom. The number of carbonyl (C=O) groups excluding carboxylic acids is 1. The lowest BCUT2D eigenvalue weighted by molar-refractivity contribution is 0.0751. The van der Waals surface area contributed by atoms with Gasteiger partial charge in [-0.25, -0.2) is 4.98 Å². The van der Waals surface area contributed by atoms with E-state index in [9.17, 15) is 4.79 Å². The summed E-state index contributed by atoms with van der Waals surface area (Å²) in [4.78, 5) is 18.2. The van der Waals surface area contributed by atoms with Gasteiger partial charge in [-0.3, -0.25) is 4.79 Å². The van der Waals surface area contributed by atoms with Crippen LogP contribution in [0.1, 0.15) is 24.2 Å². The molecule has 0 saturated heterocycles. The van der Waals surface area contributed by atoms with Crippen LogP contribution in [0, 0.1) is 0 Å². The van der Waals surface area contributed by atoms with Gasteiger partial charge in [-0.15, -0.1) is 0 Å². The van der Waals surface area contributed by atoms with Gasteiger partial charge in [-0.1, -0.05) is 0 Å². The predicted octanol–water partition coefficient (Wildman–Crippen LogP) is 1.82. The van der Waals surface area contributed by atoms with E-state index in [0.717, 1.165) is 5.65 Å². The second-order valence-corrected chi connectivity index (χ2v) is 4.46. The van der Waals surface area contributed by atoms with Gasteiger partial charge in [0.1, 0.15) is 11.4 Å². The van der Waals surface area contributed by atoms with Gasteiger partial charge in [0.05, 0.1) is 12.7 Å². The fourth-order valence-electron chi connectivity index (χ4n) is 1.70. The lowest BCUT2D eigenvalue weighted by atomic mass is 10.2. The molecule has 2 rings (SSSR count). The lowest BCUT2D eigenvalue weighted by Gasteiger charge is -2.22. The molecule has 0 unspecified atom stereocenters. The van der Waals surface area contributed by atoms with Gasteiger partial charge in [0, 0.05) is 37.7 Å². The molecule has 0 aliphatic rings. The Morgan fingerprint density at radius 2 is 2.22 bits per heavy atom. The van der Waals surface area contributed by atoms with Crippen molar-refractivity contribution >= 4 is 11.6 Å². The first-order valence-electron chi connectivity index (χ1n) is 5.82. The second kappa shape index (κ2) is 4.68. The number of ether oxygens (including phenoxy) is 1. The molecule has 0 bridgehead atoms. The third kappa shape index (κ3) is 2.03. The maximum atomic E-state index is 12.3. The molecule has 0 aliphatic heterocycles. The summed E-state index contributed by atoms with van der Waals surface area (Å²) < 4.78 is 7.08. The molecule has 0 aliphatic carbocycles. The SMILES string of the molecule is COc1cc2nccn2cc1C(=O)N(C)C(C)C. The van der Waals surface area contributed by atoms with Crippen molar-refractivity contribution in [2.24, 2.45) is 0 Å². The zero-order valence-corrected chi connectivity index (χ0v) is 11.0. The van der Waals surface area contributed by atoms with Gasteiger partial charge < -0.3 is 14.0 Å². The number of aromatic nitrogens is 2. The first-order chi connectivity index (χ1) is 8.54. The van der Waals surface area contributed by atoms with Crippen molar-refractivity contribution < 1.29 is 9.53 Å². The summed E-state index contributed by atoms with van der Waals surface area (Å²) in [6.07, 6.45) is 5.25. The Bertz CT molecular complexity index is 575. The first kappa shape index (κ1) is 12.4. The van der Waals surface area contributed by atoms with E-state index in [1.807, 2.05) is 18.2 Å². The number of hydrogen-bond donors (Lipinski definition) is 0. The van der Waals surface area contributed by atoms with Crippen molar-refractivity contribution in [3.05, 3.63) is 30.2 Å². The van der Waals surface area contributed by atoms with Crippen molar-refractivity contribution in [3.8, 4) is 5.75 Å². The van der Waals surface area contributed by atoms with Crippen LogP contribution >= 0.6 is 0 Å². The van der Waals surface area contributed by atoms with E-state index in [1.54, 1.807) is 43.7 Å². The monoisotopic (exact) mass is 247 g/mol. The van der Waals surface area contributed by atoms with E-state index in [0.29, 0.717) is 11.3 Å². The summed E-state index contributed by atoms with van der Waals surface area (Å²) >= 11 is 0. The maximum Gasteiger partial charge on any atom is 0.259 e. The molecule has 5 heteroatoms. The highest BCUT2D eigenvalue weighted by atomic mass is 16.5. The third-order valence-corrected chi connectivity index (χ3v) is 3.04. The van der Waals surface area contributed by atoms with Crippen molar-refractivity contribution in [1.82, 2.24) is 14.3 Å². The molecule has 0 fully saturated rings. The molecule has 0 atom stereocenters. The zero-order chi connectivity index (χ0) is 13.3. The van der Waals surface area contributed by atoms with Crippen molar-refractivity contribution in [3.63, 3.8) is 0 Å². The number of nitrogens with zero attached hydrogens (tertiary/aromatic N) is 3. The molecule has 0 saturated carbocycles. The first-order valence-corrected chi connectivity index (χ1v) is 5.82. The van der Waals surface area contributed by atoms with Crippen molar-refractivity contribution in [2.45, 2.75) is 19.9 Å². The molecule has 0 spiro atoms. The average Bonchev–Trinajstić information content (AvgIpc) is 2.82. The molecule has 2 aromatic heterocycles. The summed E-state index contributed by atoms with van der Waals surface area (Å²) in [6.45, 7) is 3.94. The fraction of sp³-hybridized carbons (Fsp3) is 0.385. The Labute approximate surface area is 106 Å². The van der Waals surface area contributed by atoms with Crippen LogP contribution in [0.4, 0.5) is 0 Å². The molecule has 18 heavy (non-hydrogen) atoms. The minimum Gasteiger partial charge on any atom is -0.496 e. The summed E-state index contributed by atoms with van der Waals surface area (Å²) in [6, 6.07) is 1.90. The predicted molar refractivity (Wildman–Crippen MR) is 69.0 cm³/mol. The second-order valence-electron chi connectivity index (χ2n) is 4.46. The van der Waals surface area contributed by atoms with Crippen LogP contribution in [0.5, 0.6) is 5.75 Å². The quantitative estimate of drug-likeness (QED) is 0.831. The molecule has 2 heterocycles. The highest BCUT2D eigenvalue weighted by Crippen LogP contribution is 2.22. The Balaban J connectivity index is 2.51. The summed E-state index contributed by atoms with van der Waals surface area (Å²) in [5.41, 5.74) is 1.30. The van der Waals surface area contributed by atoms with Crippen LogP contribution in [0.3, 0.4) is 0 Å². The molecular formula is C13H17N3O2. The van der Waals surface area contributed by atoms with E-state index < -0.39 is 0 Å². The minimum absolute atomic E-state index is 0.0579. The Hall–Kier alpha value is -2.04.